The van der Waals surface area contributed by atoms with Crippen molar-refractivity contribution >= 4 is 11.6 Å². The van der Waals surface area contributed by atoms with E-state index in [2.05, 4.69) is 24.5 Å². The van der Waals surface area contributed by atoms with E-state index in [0.717, 1.165) is 12.6 Å². The van der Waals surface area contributed by atoms with Gasteiger partial charge in [-0.05, 0) is 13.0 Å². The maximum atomic E-state index is 11.2. The Hall–Kier alpha value is -1.16. The molecule has 0 aromatic heterocycles. The van der Waals surface area contributed by atoms with Gasteiger partial charge >= 0.3 is 23.9 Å². The molecular formula is C11H16F6N2O2. The van der Waals surface area contributed by atoms with E-state index in [-0.39, 0.29) is 0 Å². The topological polar surface area (TPSA) is 58.2 Å². The zero-order valence-electron chi connectivity index (χ0n) is 11.4. The smallest absolute Gasteiger partial charge is 0.315 e. The van der Waals surface area contributed by atoms with Crippen molar-refractivity contribution in [1.82, 2.24) is 10.6 Å². The first kappa shape index (κ1) is 19.8. The fraction of sp³-hybridized carbons (Fsp3) is 0.818. The summed E-state index contributed by atoms with van der Waals surface area (Å²) in [7, 11) is 0. The Morgan fingerprint density at radius 1 is 1.05 bits per heavy atom. The van der Waals surface area contributed by atoms with Crippen LogP contribution in [0.2, 0.25) is 0 Å². The molecule has 0 aromatic rings. The van der Waals surface area contributed by atoms with E-state index < -0.39 is 23.9 Å². The van der Waals surface area contributed by atoms with Gasteiger partial charge in [0.05, 0.1) is 0 Å². The molecule has 0 bridgehead atoms. The average molecular weight is 322 g/mol. The summed E-state index contributed by atoms with van der Waals surface area (Å²) in [6, 6.07) is 1.36. The molecule has 1 saturated heterocycles. The monoisotopic (exact) mass is 322 g/mol. The zero-order chi connectivity index (χ0) is 16.8. The molecule has 1 aliphatic heterocycles. The van der Waals surface area contributed by atoms with Crippen molar-refractivity contribution in [2.45, 2.75) is 44.7 Å². The van der Waals surface area contributed by atoms with Crippen LogP contribution < -0.4 is 10.6 Å². The van der Waals surface area contributed by atoms with Gasteiger partial charge in [0.25, 0.3) is 0 Å². The first-order chi connectivity index (χ1) is 9.35. The summed E-state index contributed by atoms with van der Waals surface area (Å²) >= 11 is 0. The highest BCUT2D eigenvalue weighted by atomic mass is 19.4. The Morgan fingerprint density at radius 2 is 1.48 bits per heavy atom. The molecular weight excluding hydrogens is 306 g/mol. The third-order valence-corrected chi connectivity index (χ3v) is 2.35. The number of Topliss-reactive ketones (excluding diaryl/α,β-unsaturated/α-hetero) is 2. The van der Waals surface area contributed by atoms with Crippen LogP contribution in [-0.4, -0.2) is 49.1 Å². The van der Waals surface area contributed by atoms with Crippen molar-refractivity contribution in [1.29, 1.82) is 0 Å². The molecule has 1 aliphatic rings. The Kier molecular flexibility index (Phi) is 7.31. The van der Waals surface area contributed by atoms with Crippen LogP contribution in [-0.2, 0) is 9.59 Å². The maximum Gasteiger partial charge on any atom is 0.458 e. The maximum absolute atomic E-state index is 11.2. The van der Waals surface area contributed by atoms with Gasteiger partial charge < -0.3 is 10.6 Å². The zero-order valence-corrected chi connectivity index (χ0v) is 11.4. The largest absolute Gasteiger partial charge is 0.458 e. The van der Waals surface area contributed by atoms with Gasteiger partial charge in [0.1, 0.15) is 0 Å². The van der Waals surface area contributed by atoms with Gasteiger partial charge in [0.15, 0.2) is 0 Å². The normalized spacial score (nSPS) is 19.2. The summed E-state index contributed by atoms with van der Waals surface area (Å²) < 4.78 is 67.0. The Balaban J connectivity index is 0.000000394. The van der Waals surface area contributed by atoms with Gasteiger partial charge in [-0.1, -0.05) is 13.8 Å². The lowest BCUT2D eigenvalue weighted by atomic mass is 10.2. The van der Waals surface area contributed by atoms with E-state index in [1.165, 1.54) is 13.0 Å². The summed E-state index contributed by atoms with van der Waals surface area (Å²) in [5, 5.41) is 6.79. The van der Waals surface area contributed by atoms with Crippen molar-refractivity contribution in [3.05, 3.63) is 0 Å². The van der Waals surface area contributed by atoms with E-state index in [4.69, 9.17) is 0 Å². The lowest BCUT2D eigenvalue weighted by Gasteiger charge is -2.13. The second-order valence-corrected chi connectivity index (χ2v) is 4.66. The minimum Gasteiger partial charge on any atom is -0.315 e. The van der Waals surface area contributed by atoms with Crippen LogP contribution in [0.4, 0.5) is 26.3 Å². The van der Waals surface area contributed by atoms with Crippen LogP contribution in [0.1, 0.15) is 20.3 Å². The van der Waals surface area contributed by atoms with E-state index >= 15 is 0 Å². The third kappa shape index (κ3) is 8.00. The molecule has 0 amide bonds. The molecule has 0 saturated carbocycles. The standard InChI is InChI=1S/C7H16N2.C4F6O2/c1-6(2)9-7-3-4-8-5-7;5-3(6,7)1(11)2(12)4(8,9)10/h6-9H,3-5H2,1-2H3;/t7-;/m1./s1. The number of hydrogen-bond donors (Lipinski definition) is 2. The number of alkyl halides is 6. The number of carbonyl (C=O) groups excluding carboxylic acids is 2. The van der Waals surface area contributed by atoms with Gasteiger partial charge in [-0.25, -0.2) is 0 Å². The van der Waals surface area contributed by atoms with Gasteiger partial charge in [-0.3, -0.25) is 9.59 Å². The second-order valence-electron chi connectivity index (χ2n) is 4.66. The van der Waals surface area contributed by atoms with Crippen LogP contribution in [0.5, 0.6) is 0 Å². The molecule has 0 aliphatic carbocycles. The predicted octanol–water partition coefficient (Wildman–Crippen LogP) is 1.60. The van der Waals surface area contributed by atoms with Crippen molar-refractivity contribution in [3.63, 3.8) is 0 Å². The highest BCUT2D eigenvalue weighted by Gasteiger charge is 2.54. The average Bonchev–Trinajstić information content (AvgIpc) is 2.77. The highest BCUT2D eigenvalue weighted by molar-refractivity contribution is 6.41. The third-order valence-electron chi connectivity index (χ3n) is 2.35. The number of carbonyl (C=O) groups is 2. The number of halogens is 6. The minimum absolute atomic E-state index is 0.634. The van der Waals surface area contributed by atoms with Crippen molar-refractivity contribution in [2.75, 3.05) is 13.1 Å². The van der Waals surface area contributed by atoms with Crippen molar-refractivity contribution in [2.24, 2.45) is 0 Å². The molecule has 0 aromatic carbocycles. The predicted molar refractivity (Wildman–Crippen MR) is 61.7 cm³/mol. The molecule has 1 rings (SSSR count). The Labute approximate surface area is 117 Å². The lowest BCUT2D eigenvalue weighted by Crippen LogP contribution is -2.39. The van der Waals surface area contributed by atoms with Crippen LogP contribution >= 0.6 is 0 Å². The number of ketones is 2. The molecule has 1 fully saturated rings. The van der Waals surface area contributed by atoms with E-state index in [1.54, 1.807) is 0 Å². The summed E-state index contributed by atoms with van der Waals surface area (Å²) in [4.78, 5) is 19.2. The number of hydrogen-bond acceptors (Lipinski definition) is 4. The quantitative estimate of drug-likeness (QED) is 0.612. The fourth-order valence-electron chi connectivity index (χ4n) is 1.53. The van der Waals surface area contributed by atoms with Crippen molar-refractivity contribution < 1.29 is 35.9 Å². The molecule has 0 unspecified atom stereocenters. The molecule has 4 nitrogen and oxygen atoms in total. The minimum atomic E-state index is -5.77. The fourth-order valence-corrected chi connectivity index (χ4v) is 1.53. The number of rotatable bonds is 3. The molecule has 21 heavy (non-hydrogen) atoms. The van der Waals surface area contributed by atoms with Crippen LogP contribution in [0.3, 0.4) is 0 Å². The van der Waals surface area contributed by atoms with E-state index in [1.807, 2.05) is 0 Å². The first-order valence-electron chi connectivity index (χ1n) is 6.05. The number of nitrogens with one attached hydrogen (secondary N) is 2. The SMILES string of the molecule is CC(C)N[C@@H]1CCNC1.O=C(C(=O)C(F)(F)F)C(F)(F)F. The summed E-state index contributed by atoms with van der Waals surface area (Å²) in [5.74, 6) is -6.81. The Morgan fingerprint density at radius 3 is 1.71 bits per heavy atom. The Bertz CT molecular complexity index is 335. The van der Waals surface area contributed by atoms with Crippen LogP contribution in [0, 0.1) is 0 Å². The van der Waals surface area contributed by atoms with Gasteiger partial charge in [0, 0.05) is 18.6 Å². The molecule has 10 heteroatoms. The molecule has 124 valence electrons. The van der Waals surface area contributed by atoms with E-state index in [0.29, 0.717) is 6.04 Å². The molecule has 1 heterocycles. The van der Waals surface area contributed by atoms with Crippen molar-refractivity contribution in [3.8, 4) is 0 Å². The summed E-state index contributed by atoms with van der Waals surface area (Å²) in [6.07, 6.45) is -10.3. The van der Waals surface area contributed by atoms with Crippen LogP contribution in [0.25, 0.3) is 0 Å². The first-order valence-corrected chi connectivity index (χ1v) is 6.05. The highest BCUT2D eigenvalue weighted by Crippen LogP contribution is 2.23. The van der Waals surface area contributed by atoms with Crippen LogP contribution in [0.15, 0.2) is 0 Å². The second kappa shape index (κ2) is 7.74. The molecule has 0 radical (unpaired) electrons. The van der Waals surface area contributed by atoms with E-state index in [9.17, 15) is 35.9 Å². The summed E-state index contributed by atoms with van der Waals surface area (Å²) in [6.45, 7) is 6.72. The van der Waals surface area contributed by atoms with Gasteiger partial charge in [-0.2, -0.15) is 26.3 Å². The molecule has 0 spiro atoms. The molecule has 1 atom stereocenters. The molecule has 2 N–H and O–H groups in total. The summed E-state index contributed by atoms with van der Waals surface area (Å²) in [5.41, 5.74) is 0. The van der Waals surface area contributed by atoms with Gasteiger partial charge in [0.2, 0.25) is 0 Å². The van der Waals surface area contributed by atoms with Gasteiger partial charge in [-0.15, -0.1) is 0 Å². The lowest BCUT2D eigenvalue weighted by molar-refractivity contribution is -0.193.